The maximum atomic E-state index is 11.2. The zero-order valence-electron chi connectivity index (χ0n) is 18.1. The lowest BCUT2D eigenvalue weighted by molar-refractivity contribution is 0.442. The van der Waals surface area contributed by atoms with Crippen molar-refractivity contribution in [3.63, 3.8) is 0 Å². The fourth-order valence-electron chi connectivity index (χ4n) is 3.67. The Morgan fingerprint density at radius 1 is 1.00 bits per heavy atom. The Balaban J connectivity index is 1.95. The highest BCUT2D eigenvalue weighted by Crippen LogP contribution is 2.38. The third kappa shape index (κ3) is 5.47. The van der Waals surface area contributed by atoms with Crippen molar-refractivity contribution in [1.82, 2.24) is 15.0 Å². The summed E-state index contributed by atoms with van der Waals surface area (Å²) >= 11 is 8.50. The number of hydrogen-bond acceptors (Lipinski definition) is 3. The average Bonchev–Trinajstić information content (AvgIpc) is 3.14. The van der Waals surface area contributed by atoms with Gasteiger partial charge in [-0.2, -0.15) is 0 Å². The normalized spacial score (nSPS) is 12.0. The third-order valence-electron chi connectivity index (χ3n) is 5.59. The number of aromatic hydroxyl groups is 1. The first-order valence-corrected chi connectivity index (χ1v) is 12.7. The van der Waals surface area contributed by atoms with Crippen LogP contribution in [0.5, 0.6) is 5.75 Å². The van der Waals surface area contributed by atoms with Gasteiger partial charge < -0.3 is 5.11 Å². The van der Waals surface area contributed by atoms with Crippen LogP contribution in [0.4, 0.5) is 0 Å². The first-order valence-electron chi connectivity index (χ1n) is 10.8. The zero-order chi connectivity index (χ0) is 21.7. The molecule has 0 bridgehead atoms. The van der Waals surface area contributed by atoms with E-state index in [1.54, 1.807) is 10.9 Å². The highest BCUT2D eigenvalue weighted by atomic mass is 127. The molecule has 3 aromatic rings. The maximum Gasteiger partial charge on any atom is 0.146 e. The Morgan fingerprint density at radius 2 is 1.70 bits per heavy atom. The van der Waals surface area contributed by atoms with Crippen molar-refractivity contribution in [3.8, 4) is 11.4 Å². The Bertz CT molecular complexity index is 1000. The summed E-state index contributed by atoms with van der Waals surface area (Å²) in [5, 5.41) is 21.0. The molecule has 2 aromatic carbocycles. The molecule has 0 fully saturated rings. The van der Waals surface area contributed by atoms with E-state index in [0.29, 0.717) is 10.7 Å². The topological polar surface area (TPSA) is 50.9 Å². The molecule has 0 spiro atoms. The Labute approximate surface area is 198 Å². The van der Waals surface area contributed by atoms with Crippen LogP contribution in [0.1, 0.15) is 70.4 Å². The second-order valence-corrected chi connectivity index (χ2v) is 9.87. The summed E-state index contributed by atoms with van der Waals surface area (Å²) in [6.07, 6.45) is 8.59. The van der Waals surface area contributed by atoms with Gasteiger partial charge in [0.15, 0.2) is 0 Å². The van der Waals surface area contributed by atoms with Crippen LogP contribution in [-0.4, -0.2) is 24.5 Å². The number of unbranched alkanes of at least 4 members (excludes halogenated alkanes) is 5. The first-order chi connectivity index (χ1) is 14.4. The van der Waals surface area contributed by atoms with Crippen LogP contribution in [0.3, 0.4) is 0 Å². The maximum absolute atomic E-state index is 11.2. The highest BCUT2D eigenvalue weighted by Gasteiger charge is 2.26. The van der Waals surface area contributed by atoms with Gasteiger partial charge in [0.2, 0.25) is 0 Å². The van der Waals surface area contributed by atoms with E-state index >= 15 is 0 Å². The molecule has 0 amide bonds. The molecule has 0 atom stereocenters. The number of alkyl halides is 1. The van der Waals surface area contributed by atoms with Crippen LogP contribution < -0.4 is 0 Å². The van der Waals surface area contributed by atoms with Crippen LogP contribution in [-0.2, 0) is 11.8 Å². The van der Waals surface area contributed by atoms with E-state index in [0.717, 1.165) is 33.9 Å². The summed E-state index contributed by atoms with van der Waals surface area (Å²) in [7, 11) is 0. The van der Waals surface area contributed by atoms with E-state index in [9.17, 15) is 5.11 Å². The molecule has 0 aliphatic rings. The summed E-state index contributed by atoms with van der Waals surface area (Å²) in [4.78, 5) is 1.55. The van der Waals surface area contributed by atoms with Gasteiger partial charge in [-0.05, 0) is 42.7 Å². The van der Waals surface area contributed by atoms with E-state index in [4.69, 9.17) is 11.6 Å². The van der Waals surface area contributed by atoms with Gasteiger partial charge >= 0.3 is 0 Å². The Hall–Kier alpha value is -1.34. The minimum absolute atomic E-state index is 0.146. The number of hydrogen-bond donors (Lipinski definition) is 1. The number of nitrogens with zero attached hydrogens (tertiary/aromatic N) is 3. The van der Waals surface area contributed by atoms with Gasteiger partial charge in [0.05, 0.1) is 0 Å². The molecule has 162 valence electrons. The number of rotatable bonds is 10. The quantitative estimate of drug-likeness (QED) is 0.166. The predicted octanol–water partition coefficient (Wildman–Crippen LogP) is 7.40. The van der Waals surface area contributed by atoms with Gasteiger partial charge in [0, 0.05) is 20.4 Å². The van der Waals surface area contributed by atoms with Crippen molar-refractivity contribution in [2.24, 2.45) is 0 Å². The number of phenols is 1. The second kappa shape index (κ2) is 10.3. The van der Waals surface area contributed by atoms with Gasteiger partial charge in [-0.3, -0.25) is 0 Å². The van der Waals surface area contributed by atoms with E-state index in [1.807, 2.05) is 18.2 Å². The molecule has 0 radical (unpaired) electrons. The van der Waals surface area contributed by atoms with E-state index in [2.05, 4.69) is 59.6 Å². The van der Waals surface area contributed by atoms with Crippen LogP contribution >= 0.6 is 34.2 Å². The first kappa shape index (κ1) is 23.3. The number of phenolic OH excluding ortho intramolecular Hbond substituents is 1. The van der Waals surface area contributed by atoms with Crippen LogP contribution in [0.2, 0.25) is 5.02 Å². The van der Waals surface area contributed by atoms with Crippen molar-refractivity contribution < 1.29 is 5.11 Å². The van der Waals surface area contributed by atoms with E-state index < -0.39 is 0 Å². The largest absolute Gasteiger partial charge is 0.505 e. The molecule has 3 rings (SSSR count). The van der Waals surface area contributed by atoms with Gasteiger partial charge in [0.25, 0.3) is 0 Å². The summed E-state index contributed by atoms with van der Waals surface area (Å²) < 4.78 is 0.905. The summed E-state index contributed by atoms with van der Waals surface area (Å²) in [6, 6.07) is 9.67. The summed E-state index contributed by atoms with van der Waals surface area (Å²) in [6.45, 7) is 6.58. The standard InChI is InChI=1S/C24H31ClIN3O/c1-4-5-6-7-8-9-10-17-13-19(24(2,3)16-26)23(30)22(14-17)29-27-20-12-11-18(25)15-21(20)28-29/h11-15,30H,4-10,16H2,1-3H3. The number of benzene rings is 2. The van der Waals surface area contributed by atoms with Crippen molar-refractivity contribution >= 4 is 45.2 Å². The minimum Gasteiger partial charge on any atom is -0.505 e. The molecule has 0 unspecified atom stereocenters. The van der Waals surface area contributed by atoms with Crippen molar-refractivity contribution in [2.75, 3.05) is 4.43 Å². The van der Waals surface area contributed by atoms with Gasteiger partial charge in [-0.25, -0.2) is 0 Å². The minimum atomic E-state index is -0.146. The number of aromatic nitrogens is 3. The monoisotopic (exact) mass is 539 g/mol. The molecule has 0 aliphatic carbocycles. The van der Waals surface area contributed by atoms with Crippen molar-refractivity contribution in [1.29, 1.82) is 0 Å². The van der Waals surface area contributed by atoms with E-state index in [1.165, 1.54) is 37.7 Å². The van der Waals surface area contributed by atoms with Crippen molar-refractivity contribution in [3.05, 3.63) is 46.5 Å². The lowest BCUT2D eigenvalue weighted by Crippen LogP contribution is -2.20. The van der Waals surface area contributed by atoms with E-state index in [-0.39, 0.29) is 11.2 Å². The summed E-state index contributed by atoms with van der Waals surface area (Å²) in [5.74, 6) is 0.259. The van der Waals surface area contributed by atoms with Gasteiger partial charge in [-0.1, -0.05) is 93.1 Å². The second-order valence-electron chi connectivity index (χ2n) is 8.67. The molecule has 1 aromatic heterocycles. The fourth-order valence-corrected chi connectivity index (χ4v) is 4.24. The van der Waals surface area contributed by atoms with Crippen LogP contribution in [0.25, 0.3) is 16.7 Å². The van der Waals surface area contributed by atoms with Crippen LogP contribution in [0, 0.1) is 0 Å². The number of halogens is 2. The molecule has 0 saturated carbocycles. The van der Waals surface area contributed by atoms with Crippen molar-refractivity contribution in [2.45, 2.75) is 71.1 Å². The molecule has 0 saturated heterocycles. The zero-order valence-corrected chi connectivity index (χ0v) is 21.0. The predicted molar refractivity (Wildman–Crippen MR) is 135 cm³/mol. The Morgan fingerprint density at radius 3 is 2.43 bits per heavy atom. The molecular weight excluding hydrogens is 509 g/mol. The highest BCUT2D eigenvalue weighted by molar-refractivity contribution is 14.1. The average molecular weight is 540 g/mol. The smallest absolute Gasteiger partial charge is 0.146 e. The molecule has 0 aliphatic heterocycles. The molecular formula is C24H31ClIN3O. The lowest BCUT2D eigenvalue weighted by Gasteiger charge is -2.25. The third-order valence-corrected chi connectivity index (χ3v) is 7.73. The molecule has 4 nitrogen and oxygen atoms in total. The SMILES string of the molecule is CCCCCCCCc1cc(-n2nc3ccc(Cl)cc3n2)c(O)c(C(C)(C)CI)c1. The molecule has 1 N–H and O–H groups in total. The lowest BCUT2D eigenvalue weighted by atomic mass is 9.84. The summed E-state index contributed by atoms with van der Waals surface area (Å²) in [5.41, 5.74) is 4.15. The number of aryl methyl sites for hydroxylation is 1. The molecule has 30 heavy (non-hydrogen) atoms. The fraction of sp³-hybridized carbons (Fsp3) is 0.500. The van der Waals surface area contributed by atoms with Gasteiger partial charge in [0.1, 0.15) is 22.5 Å². The Kier molecular flexibility index (Phi) is 8.02. The number of fused-ring (bicyclic) bond motifs is 1. The van der Waals surface area contributed by atoms with Gasteiger partial charge in [-0.15, -0.1) is 15.0 Å². The van der Waals surface area contributed by atoms with Crippen LogP contribution in [0.15, 0.2) is 30.3 Å². The molecule has 6 heteroatoms. The molecule has 1 heterocycles.